The monoisotopic (exact) mass is 569 g/mol. The average molecular weight is 570 g/mol. The molecule has 2 aliphatic rings. The number of imide groups is 1. The fourth-order valence-corrected chi connectivity index (χ4v) is 5.16. The number of fused-ring (bicyclic) bond motifs is 1. The first kappa shape index (κ1) is 26.2. The van der Waals surface area contributed by atoms with Gasteiger partial charge in [-0.05, 0) is 60.2 Å². The number of carbonyl (C=O) groups excluding carboxylic acids is 3. The van der Waals surface area contributed by atoms with E-state index in [9.17, 15) is 24.5 Å². The largest absolute Gasteiger partial charge is 0.423 e. The molecule has 10 nitrogen and oxygen atoms in total. The molecule has 2 aliphatic heterocycles. The number of hydroxylamine groups is 1. The standard InChI is InChI=1S/C30H20ClN3O7/c31-20-11-13-21(14-12-20)32-28(35)25-26(18-9-15-24(16-10-18)40-30(37)19-5-2-1-3-6-19)33(41-27(25)29(32)36)22-7-4-8-23(17-22)34(38)39/h1-17,25-27H/t25-,26-,27-/m0/s1. The van der Waals surface area contributed by atoms with Crippen molar-refractivity contribution in [2.24, 2.45) is 5.92 Å². The van der Waals surface area contributed by atoms with E-state index >= 15 is 0 Å². The highest BCUT2D eigenvalue weighted by molar-refractivity contribution is 6.31. The van der Waals surface area contributed by atoms with Gasteiger partial charge in [0.25, 0.3) is 11.6 Å². The van der Waals surface area contributed by atoms with Gasteiger partial charge in [0.05, 0.1) is 27.9 Å². The highest BCUT2D eigenvalue weighted by atomic mass is 35.5. The van der Waals surface area contributed by atoms with Crippen LogP contribution in [0.15, 0.2) is 103 Å². The molecule has 0 radical (unpaired) electrons. The Hall–Kier alpha value is -5.06. The smallest absolute Gasteiger partial charge is 0.343 e. The summed E-state index contributed by atoms with van der Waals surface area (Å²) in [7, 11) is 0. The van der Waals surface area contributed by atoms with Crippen LogP contribution in [0.4, 0.5) is 17.1 Å². The second kappa shape index (κ2) is 10.5. The van der Waals surface area contributed by atoms with Crippen LogP contribution in [0.5, 0.6) is 5.75 Å². The Morgan fingerprint density at radius 3 is 2.24 bits per heavy atom. The summed E-state index contributed by atoms with van der Waals surface area (Å²) in [6.07, 6.45) is -1.17. The van der Waals surface area contributed by atoms with Gasteiger partial charge < -0.3 is 4.74 Å². The van der Waals surface area contributed by atoms with Crippen molar-refractivity contribution in [3.63, 3.8) is 0 Å². The summed E-state index contributed by atoms with van der Waals surface area (Å²) >= 11 is 5.99. The highest BCUT2D eigenvalue weighted by Gasteiger charge is 2.60. The number of anilines is 2. The second-order valence-electron chi connectivity index (χ2n) is 9.41. The van der Waals surface area contributed by atoms with Crippen LogP contribution in [-0.2, 0) is 14.4 Å². The number of amides is 2. The predicted octanol–water partition coefficient (Wildman–Crippen LogP) is 5.52. The van der Waals surface area contributed by atoms with Crippen molar-refractivity contribution in [2.45, 2.75) is 12.1 Å². The number of carbonyl (C=O) groups is 3. The van der Waals surface area contributed by atoms with Crippen molar-refractivity contribution in [3.8, 4) is 5.75 Å². The predicted molar refractivity (Wildman–Crippen MR) is 148 cm³/mol. The molecule has 204 valence electrons. The van der Waals surface area contributed by atoms with Crippen LogP contribution in [0, 0.1) is 16.0 Å². The Balaban J connectivity index is 1.35. The lowest BCUT2D eigenvalue weighted by molar-refractivity contribution is -0.384. The Labute approximate surface area is 238 Å². The number of nitro groups is 1. The zero-order chi connectivity index (χ0) is 28.7. The molecule has 3 atom stereocenters. The number of ether oxygens (including phenoxy) is 1. The molecule has 0 saturated carbocycles. The summed E-state index contributed by atoms with van der Waals surface area (Å²) in [6.45, 7) is 0. The number of rotatable bonds is 6. The molecule has 4 aromatic carbocycles. The van der Waals surface area contributed by atoms with Gasteiger partial charge in [0.2, 0.25) is 5.91 Å². The van der Waals surface area contributed by atoms with Gasteiger partial charge in [-0.15, -0.1) is 0 Å². The zero-order valence-corrected chi connectivity index (χ0v) is 21.9. The zero-order valence-electron chi connectivity index (χ0n) is 21.1. The fourth-order valence-electron chi connectivity index (χ4n) is 5.04. The van der Waals surface area contributed by atoms with Gasteiger partial charge in [-0.25, -0.2) is 14.8 Å². The molecular formula is C30H20ClN3O7. The second-order valence-corrected chi connectivity index (χ2v) is 9.85. The number of non-ortho nitro benzene ring substituents is 1. The summed E-state index contributed by atoms with van der Waals surface area (Å²) in [5.41, 5.74) is 1.44. The van der Waals surface area contributed by atoms with E-state index in [2.05, 4.69) is 0 Å². The molecule has 2 heterocycles. The number of benzene rings is 4. The van der Waals surface area contributed by atoms with Gasteiger partial charge in [-0.3, -0.25) is 24.5 Å². The van der Waals surface area contributed by atoms with Crippen molar-refractivity contribution >= 4 is 46.4 Å². The Morgan fingerprint density at radius 1 is 0.854 bits per heavy atom. The first-order chi connectivity index (χ1) is 19.8. The van der Waals surface area contributed by atoms with Crippen LogP contribution in [0.2, 0.25) is 5.02 Å². The minimum atomic E-state index is -1.17. The number of hydrogen-bond acceptors (Lipinski definition) is 8. The van der Waals surface area contributed by atoms with Gasteiger partial charge in [-0.1, -0.05) is 48.0 Å². The summed E-state index contributed by atoms with van der Waals surface area (Å²) in [5.74, 6) is -2.27. The maximum Gasteiger partial charge on any atom is 0.343 e. The van der Waals surface area contributed by atoms with Crippen LogP contribution in [-0.4, -0.2) is 28.8 Å². The molecule has 2 amide bonds. The molecule has 2 saturated heterocycles. The van der Waals surface area contributed by atoms with Crippen molar-refractivity contribution in [2.75, 3.05) is 9.96 Å². The minimum Gasteiger partial charge on any atom is -0.423 e. The quantitative estimate of drug-likeness (QED) is 0.0979. The molecule has 4 aromatic rings. The van der Waals surface area contributed by atoms with Gasteiger partial charge in [0.1, 0.15) is 11.7 Å². The number of halogens is 1. The Bertz CT molecular complexity index is 1660. The lowest BCUT2D eigenvalue weighted by Crippen LogP contribution is -2.37. The van der Waals surface area contributed by atoms with Crippen LogP contribution in [0.1, 0.15) is 22.0 Å². The van der Waals surface area contributed by atoms with Crippen LogP contribution >= 0.6 is 11.6 Å². The molecule has 41 heavy (non-hydrogen) atoms. The van der Waals surface area contributed by atoms with E-state index in [1.165, 1.54) is 23.3 Å². The lowest BCUT2D eigenvalue weighted by atomic mass is 9.90. The number of nitro benzene ring substituents is 1. The molecule has 2 fully saturated rings. The van der Waals surface area contributed by atoms with E-state index in [0.29, 0.717) is 27.5 Å². The molecular weight excluding hydrogens is 550 g/mol. The SMILES string of the molecule is O=C(Oc1ccc([C@H]2[C@@H]3C(=O)N(c4ccc(Cl)cc4)C(=O)[C@H]3ON2c2cccc([N+](=O)[O-])c2)cc1)c1ccccc1. The number of esters is 1. The van der Waals surface area contributed by atoms with Crippen molar-refractivity contribution in [3.05, 3.63) is 129 Å². The highest BCUT2D eigenvalue weighted by Crippen LogP contribution is 2.48. The molecule has 0 aliphatic carbocycles. The Kier molecular flexibility index (Phi) is 6.70. The van der Waals surface area contributed by atoms with Crippen LogP contribution < -0.4 is 14.7 Å². The van der Waals surface area contributed by atoms with E-state index in [1.54, 1.807) is 84.9 Å². The molecule has 0 spiro atoms. The molecule has 11 heteroatoms. The molecule has 6 rings (SSSR count). The summed E-state index contributed by atoms with van der Waals surface area (Å²) in [5, 5.41) is 13.3. The van der Waals surface area contributed by atoms with Gasteiger partial charge in [0, 0.05) is 17.2 Å². The van der Waals surface area contributed by atoms with Gasteiger partial charge in [-0.2, -0.15) is 0 Å². The maximum absolute atomic E-state index is 13.8. The molecule has 0 bridgehead atoms. The third-order valence-corrected chi connectivity index (χ3v) is 7.19. The van der Waals surface area contributed by atoms with E-state index in [1.807, 2.05) is 0 Å². The summed E-state index contributed by atoms with van der Waals surface area (Å²) in [6, 6.07) is 26.2. The van der Waals surface area contributed by atoms with Crippen LogP contribution in [0.25, 0.3) is 0 Å². The first-order valence-electron chi connectivity index (χ1n) is 12.5. The third kappa shape index (κ3) is 4.79. The third-order valence-electron chi connectivity index (χ3n) is 6.94. The number of hydrogen-bond donors (Lipinski definition) is 0. The lowest BCUT2D eigenvalue weighted by Gasteiger charge is -2.28. The summed E-state index contributed by atoms with van der Waals surface area (Å²) < 4.78 is 5.48. The van der Waals surface area contributed by atoms with E-state index in [0.717, 1.165) is 4.90 Å². The molecule has 0 unspecified atom stereocenters. The Morgan fingerprint density at radius 2 is 1.56 bits per heavy atom. The summed E-state index contributed by atoms with van der Waals surface area (Å²) in [4.78, 5) is 57.8. The molecule has 0 aromatic heterocycles. The van der Waals surface area contributed by atoms with Gasteiger partial charge >= 0.3 is 5.97 Å². The molecule has 0 N–H and O–H groups in total. The maximum atomic E-state index is 13.8. The van der Waals surface area contributed by atoms with E-state index in [-0.39, 0.29) is 11.4 Å². The van der Waals surface area contributed by atoms with Crippen molar-refractivity contribution < 1.29 is 28.9 Å². The van der Waals surface area contributed by atoms with Crippen molar-refractivity contribution in [1.29, 1.82) is 0 Å². The van der Waals surface area contributed by atoms with Crippen LogP contribution in [0.3, 0.4) is 0 Å². The van der Waals surface area contributed by atoms with Gasteiger partial charge in [0.15, 0.2) is 6.10 Å². The van der Waals surface area contributed by atoms with Crippen molar-refractivity contribution in [1.82, 2.24) is 0 Å². The fraction of sp³-hybridized carbons (Fsp3) is 0.100. The first-order valence-corrected chi connectivity index (χ1v) is 12.9. The average Bonchev–Trinajstić information content (AvgIpc) is 3.50. The number of nitrogens with zero attached hydrogens (tertiary/aromatic N) is 3. The van der Waals surface area contributed by atoms with E-state index in [4.69, 9.17) is 21.2 Å². The topological polar surface area (TPSA) is 119 Å². The van der Waals surface area contributed by atoms with E-state index < -0.39 is 40.8 Å². The minimum absolute atomic E-state index is 0.175. The normalized spacial score (nSPS) is 19.8.